The molecule has 1 amide bonds. The maximum atomic E-state index is 12.1. The van der Waals surface area contributed by atoms with Crippen LogP contribution in [-0.2, 0) is 11.2 Å². The molecule has 1 aromatic carbocycles. The fraction of sp³-hybridized carbons (Fsp3) is 0.294. The third kappa shape index (κ3) is 4.08. The van der Waals surface area contributed by atoms with E-state index in [0.717, 1.165) is 5.56 Å². The zero-order chi connectivity index (χ0) is 18.0. The van der Waals surface area contributed by atoms with Crippen molar-refractivity contribution in [3.63, 3.8) is 0 Å². The lowest BCUT2D eigenvalue weighted by atomic mass is 10.1. The molecule has 1 unspecified atom stereocenters. The SMILES string of the molecule is Cc1nc(C(=O)COc2ccc(CC3NC(=O)SC3=O)cc2)c(C)o1. The molecule has 1 N–H and O–H groups in total. The number of carbonyl (C=O) groups is 3. The Morgan fingerprint density at radius 2 is 2.00 bits per heavy atom. The van der Waals surface area contributed by atoms with Gasteiger partial charge in [-0.3, -0.25) is 14.4 Å². The molecule has 1 aliphatic rings. The Bertz CT molecular complexity index is 828. The summed E-state index contributed by atoms with van der Waals surface area (Å²) in [5.41, 5.74) is 1.17. The van der Waals surface area contributed by atoms with Crippen LogP contribution >= 0.6 is 11.8 Å². The number of oxazole rings is 1. The molecule has 1 aliphatic heterocycles. The van der Waals surface area contributed by atoms with Crippen LogP contribution in [0.25, 0.3) is 0 Å². The van der Waals surface area contributed by atoms with E-state index in [1.807, 2.05) is 0 Å². The zero-order valence-electron chi connectivity index (χ0n) is 13.7. The minimum absolute atomic E-state index is 0.139. The Kier molecular flexibility index (Phi) is 4.89. The highest BCUT2D eigenvalue weighted by molar-refractivity contribution is 8.26. The third-order valence-corrected chi connectivity index (χ3v) is 4.46. The molecule has 7 nitrogen and oxygen atoms in total. The number of Topliss-reactive ketones (excluding diaryl/α,β-unsaturated/α-hetero) is 1. The Hall–Kier alpha value is -2.61. The van der Waals surface area contributed by atoms with Crippen molar-refractivity contribution in [1.29, 1.82) is 0 Å². The average molecular weight is 360 g/mol. The summed E-state index contributed by atoms with van der Waals surface area (Å²) < 4.78 is 10.7. The number of aryl methyl sites for hydroxylation is 2. The summed E-state index contributed by atoms with van der Waals surface area (Å²) in [6.45, 7) is 3.22. The van der Waals surface area contributed by atoms with Gasteiger partial charge in [0.2, 0.25) is 10.9 Å². The van der Waals surface area contributed by atoms with Crippen molar-refractivity contribution in [2.75, 3.05) is 6.61 Å². The molecule has 1 saturated heterocycles. The van der Waals surface area contributed by atoms with Gasteiger partial charge in [-0.05, 0) is 24.6 Å². The number of aromatic nitrogens is 1. The molecule has 2 heterocycles. The lowest BCUT2D eigenvalue weighted by Gasteiger charge is -2.09. The van der Waals surface area contributed by atoms with E-state index < -0.39 is 6.04 Å². The number of amides is 1. The van der Waals surface area contributed by atoms with Crippen LogP contribution in [0, 0.1) is 13.8 Å². The normalized spacial score (nSPS) is 16.8. The first-order valence-corrected chi connectivity index (χ1v) is 8.45. The highest BCUT2D eigenvalue weighted by Crippen LogP contribution is 2.20. The first-order chi connectivity index (χ1) is 11.9. The molecule has 1 fully saturated rings. The number of ketones is 1. The van der Waals surface area contributed by atoms with Crippen molar-refractivity contribution in [1.82, 2.24) is 10.3 Å². The number of nitrogens with one attached hydrogen (secondary N) is 1. The summed E-state index contributed by atoms with van der Waals surface area (Å²) in [6.07, 6.45) is 0.425. The van der Waals surface area contributed by atoms with Crippen molar-refractivity contribution in [3.05, 3.63) is 47.2 Å². The molecule has 0 aliphatic carbocycles. The zero-order valence-corrected chi connectivity index (χ0v) is 14.5. The maximum Gasteiger partial charge on any atom is 0.287 e. The predicted octanol–water partition coefficient (Wildman–Crippen LogP) is 2.45. The summed E-state index contributed by atoms with van der Waals surface area (Å²) in [5.74, 6) is 1.19. The van der Waals surface area contributed by atoms with Crippen LogP contribution in [0.5, 0.6) is 5.75 Å². The molecule has 3 rings (SSSR count). The van der Waals surface area contributed by atoms with E-state index in [2.05, 4.69) is 10.3 Å². The van der Waals surface area contributed by atoms with Crippen molar-refractivity contribution in [2.24, 2.45) is 0 Å². The van der Waals surface area contributed by atoms with Crippen LogP contribution in [0.1, 0.15) is 27.7 Å². The molecule has 25 heavy (non-hydrogen) atoms. The van der Waals surface area contributed by atoms with Crippen molar-refractivity contribution in [3.8, 4) is 5.75 Å². The van der Waals surface area contributed by atoms with Crippen molar-refractivity contribution >= 4 is 27.9 Å². The minimum Gasteiger partial charge on any atom is -0.485 e. The van der Waals surface area contributed by atoms with Gasteiger partial charge in [0, 0.05) is 25.1 Å². The monoisotopic (exact) mass is 360 g/mol. The van der Waals surface area contributed by atoms with Crippen LogP contribution in [0.4, 0.5) is 4.79 Å². The van der Waals surface area contributed by atoms with Crippen LogP contribution in [0.15, 0.2) is 28.7 Å². The number of thioether (sulfide) groups is 1. The molecule has 0 spiro atoms. The number of ether oxygens (including phenoxy) is 1. The fourth-order valence-electron chi connectivity index (χ4n) is 2.49. The summed E-state index contributed by atoms with van der Waals surface area (Å²) >= 11 is 0.698. The van der Waals surface area contributed by atoms with Crippen LogP contribution in [0.2, 0.25) is 0 Å². The third-order valence-electron chi connectivity index (χ3n) is 3.67. The molecule has 0 radical (unpaired) electrons. The van der Waals surface area contributed by atoms with Gasteiger partial charge in [0.25, 0.3) is 5.24 Å². The van der Waals surface area contributed by atoms with Crippen molar-refractivity contribution in [2.45, 2.75) is 26.3 Å². The van der Waals surface area contributed by atoms with Gasteiger partial charge in [-0.2, -0.15) is 0 Å². The van der Waals surface area contributed by atoms with Gasteiger partial charge >= 0.3 is 0 Å². The second-order valence-electron chi connectivity index (χ2n) is 5.60. The van der Waals surface area contributed by atoms with Gasteiger partial charge in [-0.15, -0.1) is 0 Å². The smallest absolute Gasteiger partial charge is 0.287 e. The van der Waals surface area contributed by atoms with Crippen LogP contribution in [0.3, 0.4) is 0 Å². The van der Waals surface area contributed by atoms with Gasteiger partial charge < -0.3 is 14.5 Å². The first-order valence-electron chi connectivity index (χ1n) is 7.63. The number of hydrogen-bond acceptors (Lipinski definition) is 7. The highest BCUT2D eigenvalue weighted by Gasteiger charge is 2.31. The molecule has 130 valence electrons. The summed E-state index contributed by atoms with van der Waals surface area (Å²) in [6, 6.07) is 6.54. The quantitative estimate of drug-likeness (QED) is 0.790. The van der Waals surface area contributed by atoms with E-state index in [-0.39, 0.29) is 28.4 Å². The number of hydrogen-bond donors (Lipinski definition) is 1. The topological polar surface area (TPSA) is 98.5 Å². The van der Waals surface area contributed by atoms with E-state index in [4.69, 9.17) is 9.15 Å². The number of nitrogens with zero attached hydrogens (tertiary/aromatic N) is 1. The summed E-state index contributed by atoms with van der Waals surface area (Å²) in [5, 5.41) is 2.13. The minimum atomic E-state index is -0.496. The standard InChI is InChI=1S/C17H16N2O5S/c1-9-15(18-10(2)24-9)14(20)8-23-12-5-3-11(4-6-12)7-13-16(21)25-17(22)19-13/h3-6,13H,7-8H2,1-2H3,(H,19,22). The Labute approximate surface area is 148 Å². The van der Waals surface area contributed by atoms with E-state index in [0.29, 0.717) is 35.6 Å². The molecule has 1 aromatic heterocycles. The number of carbonyl (C=O) groups excluding carboxylic acids is 3. The van der Waals surface area contributed by atoms with E-state index in [9.17, 15) is 14.4 Å². The molecular formula is C17H16N2O5S. The van der Waals surface area contributed by atoms with Crippen LogP contribution < -0.4 is 10.1 Å². The molecule has 2 aromatic rings. The summed E-state index contributed by atoms with van der Waals surface area (Å²) in [7, 11) is 0. The average Bonchev–Trinajstić information content (AvgIpc) is 3.07. The van der Waals surface area contributed by atoms with Crippen LogP contribution in [-0.4, -0.2) is 33.8 Å². The Morgan fingerprint density at radius 1 is 1.28 bits per heavy atom. The number of rotatable bonds is 6. The largest absolute Gasteiger partial charge is 0.485 e. The molecule has 8 heteroatoms. The first kappa shape index (κ1) is 17.2. The number of benzene rings is 1. The Balaban J connectivity index is 1.56. The van der Waals surface area contributed by atoms with Gasteiger partial charge in [-0.1, -0.05) is 12.1 Å². The second kappa shape index (κ2) is 7.10. The lowest BCUT2D eigenvalue weighted by molar-refractivity contribution is -0.112. The molecular weight excluding hydrogens is 344 g/mol. The molecule has 0 saturated carbocycles. The van der Waals surface area contributed by atoms with Gasteiger partial charge in [0.1, 0.15) is 17.6 Å². The Morgan fingerprint density at radius 3 is 2.56 bits per heavy atom. The molecule has 1 atom stereocenters. The van der Waals surface area contributed by atoms with Gasteiger partial charge in [0.15, 0.2) is 18.2 Å². The van der Waals surface area contributed by atoms with Crippen molar-refractivity contribution < 1.29 is 23.5 Å². The van der Waals surface area contributed by atoms with E-state index in [1.54, 1.807) is 38.1 Å². The summed E-state index contributed by atoms with van der Waals surface area (Å²) in [4.78, 5) is 38.9. The fourth-order valence-corrected chi connectivity index (χ4v) is 3.16. The van der Waals surface area contributed by atoms with E-state index in [1.165, 1.54) is 0 Å². The lowest BCUT2D eigenvalue weighted by Crippen LogP contribution is -2.30. The maximum absolute atomic E-state index is 12.1. The highest BCUT2D eigenvalue weighted by atomic mass is 32.2. The predicted molar refractivity (Wildman–Crippen MR) is 90.9 cm³/mol. The van der Waals surface area contributed by atoms with E-state index >= 15 is 0 Å². The van der Waals surface area contributed by atoms with Gasteiger partial charge in [0.05, 0.1) is 0 Å². The second-order valence-corrected chi connectivity index (χ2v) is 6.58. The van der Waals surface area contributed by atoms with Gasteiger partial charge in [-0.25, -0.2) is 4.98 Å². The molecule has 0 bridgehead atoms.